The van der Waals surface area contributed by atoms with Gasteiger partial charge in [-0.15, -0.1) is 0 Å². The van der Waals surface area contributed by atoms with Gasteiger partial charge in [0.25, 0.3) is 5.91 Å². The van der Waals surface area contributed by atoms with Crippen LogP contribution in [0.15, 0.2) is 47.1 Å². The summed E-state index contributed by atoms with van der Waals surface area (Å²) in [4.78, 5) is 35.2. The maximum atomic E-state index is 12.9. The van der Waals surface area contributed by atoms with E-state index in [9.17, 15) is 9.59 Å². The highest BCUT2D eigenvalue weighted by Gasteiger charge is 2.30. The first kappa shape index (κ1) is 18.2. The van der Waals surface area contributed by atoms with Gasteiger partial charge in [-0.05, 0) is 50.1 Å². The molecule has 3 heterocycles. The van der Waals surface area contributed by atoms with Gasteiger partial charge in [-0.1, -0.05) is 0 Å². The number of esters is 1. The standard InChI is InChI=1S/C21H21N3O4/c1-2-27-21(26)16-4-3-11-24(13-16)20(25)15-5-6-17-18(12-15)28-19(23-17)14-7-9-22-10-8-14/h5-10,12,16H,2-4,11,13H2,1H3. The van der Waals surface area contributed by atoms with E-state index in [4.69, 9.17) is 9.15 Å². The first-order valence-electron chi connectivity index (χ1n) is 9.42. The van der Waals surface area contributed by atoms with Gasteiger partial charge in [-0.2, -0.15) is 0 Å². The van der Waals surface area contributed by atoms with Gasteiger partial charge in [-0.25, -0.2) is 4.98 Å². The highest BCUT2D eigenvalue weighted by atomic mass is 16.5. The van der Waals surface area contributed by atoms with Crippen LogP contribution in [0, 0.1) is 5.92 Å². The third-order valence-corrected chi connectivity index (χ3v) is 4.89. The van der Waals surface area contributed by atoms with Crippen LogP contribution in [0.4, 0.5) is 0 Å². The molecule has 1 saturated heterocycles. The number of oxazole rings is 1. The van der Waals surface area contributed by atoms with E-state index in [1.807, 2.05) is 12.1 Å². The molecular weight excluding hydrogens is 358 g/mol. The maximum Gasteiger partial charge on any atom is 0.310 e. The zero-order chi connectivity index (χ0) is 19.5. The summed E-state index contributed by atoms with van der Waals surface area (Å²) in [6, 6.07) is 8.88. The summed E-state index contributed by atoms with van der Waals surface area (Å²) in [7, 11) is 0. The van der Waals surface area contributed by atoms with Crippen LogP contribution in [0.25, 0.3) is 22.6 Å². The van der Waals surface area contributed by atoms with E-state index in [0.29, 0.717) is 42.3 Å². The third-order valence-electron chi connectivity index (χ3n) is 4.89. The molecule has 2 aromatic heterocycles. The summed E-state index contributed by atoms with van der Waals surface area (Å²) in [5.74, 6) is -0.113. The molecule has 7 heteroatoms. The Hall–Kier alpha value is -3.22. The van der Waals surface area contributed by atoms with E-state index in [-0.39, 0.29) is 17.8 Å². The Balaban J connectivity index is 1.55. The number of likely N-dealkylation sites (tertiary alicyclic amines) is 1. The monoisotopic (exact) mass is 379 g/mol. The number of pyridine rings is 1. The highest BCUT2D eigenvalue weighted by molar-refractivity contribution is 5.97. The minimum atomic E-state index is -0.259. The molecule has 0 spiro atoms. The fraction of sp³-hybridized carbons (Fsp3) is 0.333. The van der Waals surface area contributed by atoms with Crippen molar-refractivity contribution < 1.29 is 18.7 Å². The number of benzene rings is 1. The number of amides is 1. The van der Waals surface area contributed by atoms with Crippen molar-refractivity contribution >= 4 is 23.0 Å². The van der Waals surface area contributed by atoms with Crippen LogP contribution < -0.4 is 0 Å². The summed E-state index contributed by atoms with van der Waals surface area (Å²) in [5, 5.41) is 0. The number of fused-ring (bicyclic) bond motifs is 1. The highest BCUT2D eigenvalue weighted by Crippen LogP contribution is 2.26. The summed E-state index contributed by atoms with van der Waals surface area (Å²) in [5.41, 5.74) is 2.59. The number of hydrogen-bond acceptors (Lipinski definition) is 6. The lowest BCUT2D eigenvalue weighted by Crippen LogP contribution is -2.42. The molecule has 1 atom stereocenters. The second kappa shape index (κ2) is 7.80. The summed E-state index contributed by atoms with van der Waals surface area (Å²) in [6.45, 7) is 3.15. The molecule has 0 N–H and O–H groups in total. The van der Waals surface area contributed by atoms with E-state index in [1.165, 1.54) is 0 Å². The van der Waals surface area contributed by atoms with E-state index < -0.39 is 0 Å². The van der Waals surface area contributed by atoms with Crippen molar-refractivity contribution in [2.24, 2.45) is 5.92 Å². The number of nitrogens with zero attached hydrogens (tertiary/aromatic N) is 3. The Labute approximate surface area is 162 Å². The minimum Gasteiger partial charge on any atom is -0.466 e. The summed E-state index contributed by atoms with van der Waals surface area (Å²) in [6.07, 6.45) is 4.88. The van der Waals surface area contributed by atoms with Gasteiger partial charge in [-0.3, -0.25) is 14.6 Å². The molecule has 0 radical (unpaired) electrons. The number of rotatable bonds is 4. The lowest BCUT2D eigenvalue weighted by Gasteiger charge is -2.31. The molecule has 0 saturated carbocycles. The molecule has 1 aliphatic rings. The van der Waals surface area contributed by atoms with Gasteiger partial charge in [0.1, 0.15) is 5.52 Å². The van der Waals surface area contributed by atoms with Crippen molar-refractivity contribution in [2.75, 3.05) is 19.7 Å². The van der Waals surface area contributed by atoms with E-state index in [1.54, 1.807) is 42.4 Å². The molecule has 1 unspecified atom stereocenters. The molecule has 0 aliphatic carbocycles. The maximum absolute atomic E-state index is 12.9. The fourth-order valence-corrected chi connectivity index (χ4v) is 3.47. The molecule has 7 nitrogen and oxygen atoms in total. The van der Waals surface area contributed by atoms with Gasteiger partial charge >= 0.3 is 5.97 Å². The molecule has 4 rings (SSSR count). The number of ether oxygens (including phenoxy) is 1. The lowest BCUT2D eigenvalue weighted by atomic mass is 9.97. The van der Waals surface area contributed by atoms with Crippen molar-refractivity contribution in [3.63, 3.8) is 0 Å². The van der Waals surface area contributed by atoms with Crippen molar-refractivity contribution in [3.8, 4) is 11.5 Å². The van der Waals surface area contributed by atoms with Gasteiger partial charge in [0.2, 0.25) is 5.89 Å². The largest absolute Gasteiger partial charge is 0.466 e. The Morgan fingerprint density at radius 1 is 1.25 bits per heavy atom. The smallest absolute Gasteiger partial charge is 0.310 e. The molecule has 1 aliphatic heterocycles. The van der Waals surface area contributed by atoms with E-state index in [0.717, 1.165) is 18.4 Å². The average Bonchev–Trinajstić information content (AvgIpc) is 3.17. The summed E-state index contributed by atoms with van der Waals surface area (Å²) >= 11 is 0. The quantitative estimate of drug-likeness (QED) is 0.647. The van der Waals surface area contributed by atoms with Crippen LogP contribution in [-0.4, -0.2) is 46.4 Å². The van der Waals surface area contributed by atoms with Crippen molar-refractivity contribution in [3.05, 3.63) is 48.3 Å². The molecule has 0 bridgehead atoms. The first-order valence-corrected chi connectivity index (χ1v) is 9.42. The minimum absolute atomic E-state index is 0.113. The second-order valence-electron chi connectivity index (χ2n) is 6.78. The molecule has 144 valence electrons. The molecular formula is C21H21N3O4. The number of piperidine rings is 1. The normalized spacial score (nSPS) is 16.9. The van der Waals surface area contributed by atoms with Crippen LogP contribution in [0.3, 0.4) is 0 Å². The number of carbonyl (C=O) groups excluding carboxylic acids is 2. The molecule has 28 heavy (non-hydrogen) atoms. The lowest BCUT2D eigenvalue weighted by molar-refractivity contribution is -0.149. The average molecular weight is 379 g/mol. The predicted molar refractivity (Wildman–Crippen MR) is 103 cm³/mol. The van der Waals surface area contributed by atoms with Gasteiger partial charge < -0.3 is 14.1 Å². The first-order chi connectivity index (χ1) is 13.7. The van der Waals surface area contributed by atoms with Crippen LogP contribution >= 0.6 is 0 Å². The predicted octanol–water partition coefficient (Wildman–Crippen LogP) is 3.31. The van der Waals surface area contributed by atoms with Gasteiger partial charge in [0.05, 0.1) is 12.5 Å². The number of aromatic nitrogens is 2. The van der Waals surface area contributed by atoms with E-state index >= 15 is 0 Å². The Bertz CT molecular complexity index is 999. The van der Waals surface area contributed by atoms with Crippen molar-refractivity contribution in [1.29, 1.82) is 0 Å². The van der Waals surface area contributed by atoms with Crippen LogP contribution in [-0.2, 0) is 9.53 Å². The molecule has 1 amide bonds. The van der Waals surface area contributed by atoms with Crippen LogP contribution in [0.1, 0.15) is 30.1 Å². The SMILES string of the molecule is CCOC(=O)C1CCCN(C(=O)c2ccc3nc(-c4ccncc4)oc3c2)C1. The molecule has 3 aromatic rings. The van der Waals surface area contributed by atoms with Gasteiger partial charge in [0, 0.05) is 36.6 Å². The topological polar surface area (TPSA) is 85.5 Å². The molecule has 1 fully saturated rings. The Morgan fingerprint density at radius 3 is 2.86 bits per heavy atom. The molecule has 1 aromatic carbocycles. The number of hydrogen-bond donors (Lipinski definition) is 0. The zero-order valence-electron chi connectivity index (χ0n) is 15.6. The summed E-state index contributed by atoms with van der Waals surface area (Å²) < 4.78 is 11.0. The van der Waals surface area contributed by atoms with Gasteiger partial charge in [0.15, 0.2) is 5.58 Å². The van der Waals surface area contributed by atoms with Crippen molar-refractivity contribution in [1.82, 2.24) is 14.9 Å². The van der Waals surface area contributed by atoms with Crippen LogP contribution in [0.2, 0.25) is 0 Å². The fourth-order valence-electron chi connectivity index (χ4n) is 3.47. The van der Waals surface area contributed by atoms with Crippen LogP contribution in [0.5, 0.6) is 0 Å². The van der Waals surface area contributed by atoms with E-state index in [2.05, 4.69) is 9.97 Å². The van der Waals surface area contributed by atoms with Crippen molar-refractivity contribution in [2.45, 2.75) is 19.8 Å². The Kier molecular flexibility index (Phi) is 5.06. The Morgan fingerprint density at radius 2 is 2.07 bits per heavy atom. The second-order valence-corrected chi connectivity index (χ2v) is 6.78. The number of carbonyl (C=O) groups is 2. The third kappa shape index (κ3) is 3.60. The zero-order valence-corrected chi connectivity index (χ0v) is 15.6.